The Labute approximate surface area is 110 Å². The molecule has 2 nitrogen and oxygen atoms in total. The lowest BCUT2D eigenvalue weighted by Crippen LogP contribution is -2.49. The predicted octanol–water partition coefficient (Wildman–Crippen LogP) is 3.10. The molecule has 0 radical (unpaired) electrons. The van der Waals surface area contributed by atoms with Crippen LogP contribution in [0.1, 0.15) is 38.2 Å². The van der Waals surface area contributed by atoms with Gasteiger partial charge in [0.25, 0.3) is 0 Å². The largest absolute Gasteiger partial charge is 0.365 e. The molecular formula is C16H24N2. The first-order valence-corrected chi connectivity index (χ1v) is 7.36. The number of nitrogens with one attached hydrogen (secondary N) is 1. The fourth-order valence-electron chi connectivity index (χ4n) is 3.84. The average molecular weight is 244 g/mol. The summed E-state index contributed by atoms with van der Waals surface area (Å²) >= 11 is 0. The average Bonchev–Trinajstić information content (AvgIpc) is 2.62. The molecule has 98 valence electrons. The van der Waals surface area contributed by atoms with Gasteiger partial charge in [0.1, 0.15) is 0 Å². The summed E-state index contributed by atoms with van der Waals surface area (Å²) in [6.07, 6.45) is 5.39. The summed E-state index contributed by atoms with van der Waals surface area (Å²) in [4.78, 5) is 2.70. The van der Waals surface area contributed by atoms with Gasteiger partial charge in [-0.05, 0) is 56.8 Å². The van der Waals surface area contributed by atoms with Gasteiger partial charge in [0.15, 0.2) is 0 Å². The molecule has 2 bridgehead atoms. The van der Waals surface area contributed by atoms with E-state index in [9.17, 15) is 0 Å². The number of nitrogens with zero attached hydrogens (tertiary/aromatic N) is 1. The monoisotopic (exact) mass is 244 g/mol. The lowest BCUT2D eigenvalue weighted by molar-refractivity contribution is 0.361. The van der Waals surface area contributed by atoms with E-state index in [0.29, 0.717) is 0 Å². The van der Waals surface area contributed by atoms with E-state index in [4.69, 9.17) is 0 Å². The van der Waals surface area contributed by atoms with Crippen molar-refractivity contribution < 1.29 is 0 Å². The molecule has 2 heterocycles. The first kappa shape index (κ1) is 12.0. The molecule has 2 saturated heterocycles. The van der Waals surface area contributed by atoms with E-state index in [1.807, 2.05) is 0 Å². The smallest absolute Gasteiger partial charge is 0.0373 e. The van der Waals surface area contributed by atoms with Gasteiger partial charge in [0.05, 0.1) is 0 Å². The molecule has 2 aliphatic rings. The standard InChI is InChI=1S/C16H24N2/c1-3-17-13-10-15-7-8-16(11-13)18(15)14-6-4-5-12(2)9-14/h4-6,9,13,15-17H,3,7-8,10-11H2,1-2H3. The minimum Gasteiger partial charge on any atom is -0.365 e. The van der Waals surface area contributed by atoms with Crippen molar-refractivity contribution in [1.82, 2.24) is 5.32 Å². The van der Waals surface area contributed by atoms with Gasteiger partial charge in [0.2, 0.25) is 0 Å². The first-order valence-electron chi connectivity index (χ1n) is 7.36. The second-order valence-corrected chi connectivity index (χ2v) is 5.86. The van der Waals surface area contributed by atoms with Crippen LogP contribution in [0.25, 0.3) is 0 Å². The van der Waals surface area contributed by atoms with Crippen molar-refractivity contribution in [3.05, 3.63) is 29.8 Å². The highest BCUT2D eigenvalue weighted by Crippen LogP contribution is 2.39. The van der Waals surface area contributed by atoms with Crippen molar-refractivity contribution in [2.24, 2.45) is 0 Å². The lowest BCUT2D eigenvalue weighted by Gasteiger charge is -2.41. The molecule has 2 heteroatoms. The maximum absolute atomic E-state index is 3.64. The molecule has 0 saturated carbocycles. The normalized spacial score (nSPS) is 30.8. The number of aryl methyl sites for hydroxylation is 1. The molecule has 0 aliphatic carbocycles. The van der Waals surface area contributed by atoms with E-state index in [0.717, 1.165) is 24.7 Å². The number of benzene rings is 1. The molecule has 1 aromatic rings. The van der Waals surface area contributed by atoms with E-state index in [1.165, 1.54) is 36.9 Å². The van der Waals surface area contributed by atoms with Crippen molar-refractivity contribution in [1.29, 1.82) is 0 Å². The van der Waals surface area contributed by atoms with Crippen molar-refractivity contribution >= 4 is 5.69 Å². The van der Waals surface area contributed by atoms with Gasteiger partial charge in [0, 0.05) is 23.8 Å². The Kier molecular flexibility index (Phi) is 3.29. The molecule has 1 aromatic carbocycles. The van der Waals surface area contributed by atoms with E-state index < -0.39 is 0 Å². The van der Waals surface area contributed by atoms with Gasteiger partial charge < -0.3 is 10.2 Å². The zero-order chi connectivity index (χ0) is 12.5. The van der Waals surface area contributed by atoms with Gasteiger partial charge in [-0.2, -0.15) is 0 Å². The molecule has 3 rings (SSSR count). The summed E-state index contributed by atoms with van der Waals surface area (Å²) in [5, 5.41) is 3.64. The van der Waals surface area contributed by atoms with Gasteiger partial charge in [-0.15, -0.1) is 0 Å². The molecule has 1 N–H and O–H groups in total. The number of fused-ring (bicyclic) bond motifs is 2. The second-order valence-electron chi connectivity index (χ2n) is 5.86. The molecule has 2 atom stereocenters. The Balaban J connectivity index is 1.79. The number of hydrogen-bond donors (Lipinski definition) is 1. The van der Waals surface area contributed by atoms with Crippen LogP contribution in [0, 0.1) is 6.92 Å². The number of rotatable bonds is 3. The van der Waals surface area contributed by atoms with Crippen LogP contribution in [0.5, 0.6) is 0 Å². The van der Waals surface area contributed by atoms with Crippen molar-refractivity contribution in [3.8, 4) is 0 Å². The fourth-order valence-corrected chi connectivity index (χ4v) is 3.84. The summed E-state index contributed by atoms with van der Waals surface area (Å²) in [7, 11) is 0. The summed E-state index contributed by atoms with van der Waals surface area (Å²) in [5.74, 6) is 0. The van der Waals surface area contributed by atoms with Crippen LogP contribution < -0.4 is 10.2 Å². The minimum absolute atomic E-state index is 0.744. The Morgan fingerprint density at radius 3 is 2.56 bits per heavy atom. The molecule has 2 aliphatic heterocycles. The topological polar surface area (TPSA) is 15.3 Å². The Bertz CT molecular complexity index is 401. The van der Waals surface area contributed by atoms with Crippen LogP contribution in [0.2, 0.25) is 0 Å². The van der Waals surface area contributed by atoms with Crippen LogP contribution >= 0.6 is 0 Å². The summed E-state index contributed by atoms with van der Waals surface area (Å²) in [6, 6.07) is 11.3. The van der Waals surface area contributed by atoms with Crippen LogP contribution in [0.4, 0.5) is 5.69 Å². The van der Waals surface area contributed by atoms with Crippen molar-refractivity contribution in [2.45, 2.75) is 57.7 Å². The second kappa shape index (κ2) is 4.93. The van der Waals surface area contributed by atoms with Crippen LogP contribution in [0.3, 0.4) is 0 Å². The summed E-state index contributed by atoms with van der Waals surface area (Å²) in [5.41, 5.74) is 2.82. The summed E-state index contributed by atoms with van der Waals surface area (Å²) < 4.78 is 0. The fraction of sp³-hybridized carbons (Fsp3) is 0.625. The number of piperidine rings is 1. The van der Waals surface area contributed by atoms with E-state index in [-0.39, 0.29) is 0 Å². The highest BCUT2D eigenvalue weighted by molar-refractivity contribution is 5.52. The van der Waals surface area contributed by atoms with Crippen LogP contribution in [-0.2, 0) is 0 Å². The molecule has 0 amide bonds. The van der Waals surface area contributed by atoms with Crippen LogP contribution in [0.15, 0.2) is 24.3 Å². The molecule has 18 heavy (non-hydrogen) atoms. The molecule has 2 fully saturated rings. The van der Waals surface area contributed by atoms with E-state index >= 15 is 0 Å². The molecule has 0 spiro atoms. The summed E-state index contributed by atoms with van der Waals surface area (Å²) in [6.45, 7) is 5.51. The maximum Gasteiger partial charge on any atom is 0.0373 e. The Morgan fingerprint density at radius 2 is 1.94 bits per heavy atom. The number of anilines is 1. The molecule has 0 aromatic heterocycles. The third-order valence-corrected chi connectivity index (χ3v) is 4.53. The van der Waals surface area contributed by atoms with Gasteiger partial charge in [-0.1, -0.05) is 19.1 Å². The van der Waals surface area contributed by atoms with Gasteiger partial charge in [-0.3, -0.25) is 0 Å². The van der Waals surface area contributed by atoms with Gasteiger partial charge >= 0.3 is 0 Å². The van der Waals surface area contributed by atoms with Crippen LogP contribution in [-0.4, -0.2) is 24.7 Å². The third-order valence-electron chi connectivity index (χ3n) is 4.53. The Morgan fingerprint density at radius 1 is 1.22 bits per heavy atom. The quantitative estimate of drug-likeness (QED) is 0.879. The predicted molar refractivity (Wildman–Crippen MR) is 77.2 cm³/mol. The zero-order valence-electron chi connectivity index (χ0n) is 11.5. The SMILES string of the molecule is CCNC1CC2CCC(C1)N2c1cccc(C)c1. The van der Waals surface area contributed by atoms with E-state index in [1.54, 1.807) is 0 Å². The highest BCUT2D eigenvalue weighted by Gasteiger charge is 2.40. The zero-order valence-corrected chi connectivity index (χ0v) is 11.5. The minimum atomic E-state index is 0.744. The lowest BCUT2D eigenvalue weighted by atomic mass is 9.96. The first-order chi connectivity index (χ1) is 8.78. The highest BCUT2D eigenvalue weighted by atomic mass is 15.2. The molecular weight excluding hydrogens is 220 g/mol. The van der Waals surface area contributed by atoms with Gasteiger partial charge in [-0.25, -0.2) is 0 Å². The Hall–Kier alpha value is -1.02. The molecule has 2 unspecified atom stereocenters. The maximum atomic E-state index is 3.64. The van der Waals surface area contributed by atoms with E-state index in [2.05, 4.69) is 48.3 Å². The number of hydrogen-bond acceptors (Lipinski definition) is 2. The van der Waals surface area contributed by atoms with Crippen molar-refractivity contribution in [3.63, 3.8) is 0 Å². The third kappa shape index (κ3) is 2.14. The van der Waals surface area contributed by atoms with Crippen molar-refractivity contribution in [2.75, 3.05) is 11.4 Å².